The van der Waals surface area contributed by atoms with E-state index in [1.165, 1.54) is 12.3 Å². The van der Waals surface area contributed by atoms with Crippen LogP contribution in [0.25, 0.3) is 0 Å². The van der Waals surface area contributed by atoms with Crippen LogP contribution in [0.3, 0.4) is 0 Å². The molecular weight excluding hydrogens is 490 g/mol. The highest BCUT2D eigenvalue weighted by Gasteiger charge is 2.25. The number of halogens is 2. The number of carbonyl (C=O) groups is 1. The lowest BCUT2D eigenvalue weighted by molar-refractivity contribution is 0.0657. The smallest absolute Gasteiger partial charge is 0.289 e. The zero-order valence-electron chi connectivity index (χ0n) is 16.3. The Balaban J connectivity index is 0.00000300. The summed E-state index contributed by atoms with van der Waals surface area (Å²) >= 11 is 0. The SMILES string of the molecule is CCNC(=NCC(O)c1ccccc1F)N1CCN(C(=O)c2ccco2)CC1.I. The second-order valence-corrected chi connectivity index (χ2v) is 6.49. The number of hydrogen-bond donors (Lipinski definition) is 2. The number of furan rings is 1. The second kappa shape index (κ2) is 11.1. The van der Waals surface area contributed by atoms with E-state index in [0.29, 0.717) is 44.4 Å². The van der Waals surface area contributed by atoms with Gasteiger partial charge in [-0.3, -0.25) is 9.79 Å². The average molecular weight is 516 g/mol. The highest BCUT2D eigenvalue weighted by Crippen LogP contribution is 2.17. The Labute approximate surface area is 186 Å². The number of rotatable bonds is 5. The minimum absolute atomic E-state index is 0. The Bertz CT molecular complexity index is 808. The van der Waals surface area contributed by atoms with E-state index in [9.17, 15) is 14.3 Å². The maximum Gasteiger partial charge on any atom is 0.289 e. The summed E-state index contributed by atoms with van der Waals surface area (Å²) in [6, 6.07) is 9.50. The quantitative estimate of drug-likeness (QED) is 0.363. The van der Waals surface area contributed by atoms with Crippen molar-refractivity contribution in [1.82, 2.24) is 15.1 Å². The van der Waals surface area contributed by atoms with Crippen LogP contribution in [0, 0.1) is 5.82 Å². The largest absolute Gasteiger partial charge is 0.459 e. The molecule has 1 aromatic heterocycles. The highest BCUT2D eigenvalue weighted by atomic mass is 127. The molecule has 1 saturated heterocycles. The lowest BCUT2D eigenvalue weighted by Crippen LogP contribution is -2.53. The molecule has 7 nitrogen and oxygen atoms in total. The van der Waals surface area contributed by atoms with Gasteiger partial charge in [-0.05, 0) is 25.1 Å². The van der Waals surface area contributed by atoms with Crippen LogP contribution in [-0.2, 0) is 0 Å². The van der Waals surface area contributed by atoms with Crippen molar-refractivity contribution in [2.45, 2.75) is 13.0 Å². The van der Waals surface area contributed by atoms with Crippen LogP contribution in [0.5, 0.6) is 0 Å². The lowest BCUT2D eigenvalue weighted by Gasteiger charge is -2.36. The second-order valence-electron chi connectivity index (χ2n) is 6.49. The van der Waals surface area contributed by atoms with E-state index >= 15 is 0 Å². The van der Waals surface area contributed by atoms with Gasteiger partial charge in [0.25, 0.3) is 5.91 Å². The molecule has 1 aliphatic rings. The zero-order valence-corrected chi connectivity index (χ0v) is 18.6. The van der Waals surface area contributed by atoms with Gasteiger partial charge in [0.1, 0.15) is 11.9 Å². The summed E-state index contributed by atoms with van der Waals surface area (Å²) in [5, 5.41) is 13.5. The Morgan fingerprint density at radius 2 is 1.90 bits per heavy atom. The molecule has 1 fully saturated rings. The molecule has 1 aromatic carbocycles. The summed E-state index contributed by atoms with van der Waals surface area (Å²) in [5.41, 5.74) is 0.232. The third kappa shape index (κ3) is 5.92. The Morgan fingerprint density at radius 3 is 2.52 bits per heavy atom. The summed E-state index contributed by atoms with van der Waals surface area (Å²) in [7, 11) is 0. The van der Waals surface area contributed by atoms with Gasteiger partial charge in [0, 0.05) is 38.3 Å². The van der Waals surface area contributed by atoms with Crippen molar-refractivity contribution in [1.29, 1.82) is 0 Å². The van der Waals surface area contributed by atoms with Crippen molar-refractivity contribution in [3.05, 3.63) is 59.8 Å². The molecule has 0 spiro atoms. The highest BCUT2D eigenvalue weighted by molar-refractivity contribution is 14.0. The summed E-state index contributed by atoms with van der Waals surface area (Å²) in [6.07, 6.45) is 0.469. The van der Waals surface area contributed by atoms with Crippen LogP contribution < -0.4 is 5.32 Å². The molecule has 3 rings (SSSR count). The third-order valence-electron chi connectivity index (χ3n) is 4.61. The van der Waals surface area contributed by atoms with Crippen LogP contribution >= 0.6 is 24.0 Å². The monoisotopic (exact) mass is 516 g/mol. The molecule has 1 unspecified atom stereocenters. The van der Waals surface area contributed by atoms with Crippen LogP contribution in [0.1, 0.15) is 29.1 Å². The Kier molecular flexibility index (Phi) is 8.90. The molecular formula is C20H26FIN4O3. The molecule has 1 amide bonds. The lowest BCUT2D eigenvalue weighted by atomic mass is 10.1. The number of piperazine rings is 1. The van der Waals surface area contributed by atoms with Crippen molar-refractivity contribution in [3.63, 3.8) is 0 Å². The number of nitrogens with zero attached hydrogens (tertiary/aromatic N) is 3. The summed E-state index contributed by atoms with van der Waals surface area (Å²) in [5.74, 6) is 0.409. The number of aliphatic imine (C=N–C) groups is 1. The maximum atomic E-state index is 13.8. The number of aliphatic hydroxyl groups excluding tert-OH is 1. The topological polar surface area (TPSA) is 81.3 Å². The molecule has 9 heteroatoms. The van der Waals surface area contributed by atoms with Gasteiger partial charge in [-0.1, -0.05) is 18.2 Å². The van der Waals surface area contributed by atoms with E-state index in [1.807, 2.05) is 11.8 Å². The molecule has 2 aromatic rings. The van der Waals surface area contributed by atoms with Crippen molar-refractivity contribution >= 4 is 35.8 Å². The predicted octanol–water partition coefficient (Wildman–Crippen LogP) is 2.49. The summed E-state index contributed by atoms with van der Waals surface area (Å²) < 4.78 is 19.0. The molecule has 158 valence electrons. The van der Waals surface area contributed by atoms with E-state index < -0.39 is 11.9 Å². The molecule has 29 heavy (non-hydrogen) atoms. The Hall–Kier alpha value is -2.14. The fourth-order valence-corrected chi connectivity index (χ4v) is 3.12. The minimum Gasteiger partial charge on any atom is -0.459 e. The van der Waals surface area contributed by atoms with E-state index in [1.54, 1.807) is 35.2 Å². The number of carbonyl (C=O) groups excluding carboxylic acids is 1. The first-order chi connectivity index (χ1) is 13.6. The first-order valence-electron chi connectivity index (χ1n) is 9.38. The number of guanidine groups is 1. The molecule has 0 radical (unpaired) electrons. The molecule has 1 atom stereocenters. The molecule has 0 saturated carbocycles. The van der Waals surface area contributed by atoms with E-state index in [0.717, 1.165) is 0 Å². The van der Waals surface area contributed by atoms with Gasteiger partial charge in [0.15, 0.2) is 11.7 Å². The fraction of sp³-hybridized carbons (Fsp3) is 0.400. The standard InChI is InChI=1S/C20H25FN4O3.HI/c1-2-22-20(23-14-17(26)15-6-3-4-7-16(15)21)25-11-9-24(10-12-25)19(27)18-8-5-13-28-18;/h3-8,13,17,26H,2,9-12,14H2,1H3,(H,22,23);1H. The number of hydrogen-bond acceptors (Lipinski definition) is 4. The van der Waals surface area contributed by atoms with E-state index in [2.05, 4.69) is 10.3 Å². The van der Waals surface area contributed by atoms with Crippen molar-refractivity contribution in [2.24, 2.45) is 4.99 Å². The molecule has 2 N–H and O–H groups in total. The van der Waals surface area contributed by atoms with Gasteiger partial charge in [-0.2, -0.15) is 0 Å². The first-order valence-corrected chi connectivity index (χ1v) is 9.38. The average Bonchev–Trinajstić information content (AvgIpc) is 3.26. The summed E-state index contributed by atoms with van der Waals surface area (Å²) in [6.45, 7) is 4.97. The van der Waals surface area contributed by atoms with Gasteiger partial charge in [0.05, 0.1) is 12.8 Å². The van der Waals surface area contributed by atoms with E-state index in [4.69, 9.17) is 4.42 Å². The van der Waals surface area contributed by atoms with Crippen molar-refractivity contribution in [2.75, 3.05) is 39.3 Å². The van der Waals surface area contributed by atoms with Gasteiger partial charge in [-0.25, -0.2) is 4.39 Å². The number of aliphatic hydroxyl groups is 1. The molecule has 2 heterocycles. The molecule has 0 aliphatic carbocycles. The minimum atomic E-state index is -1.02. The van der Waals surface area contributed by atoms with Crippen LogP contribution in [0.2, 0.25) is 0 Å². The normalized spacial score (nSPS) is 15.6. The number of benzene rings is 1. The molecule has 0 bridgehead atoms. The predicted molar refractivity (Wildman–Crippen MR) is 119 cm³/mol. The number of nitrogens with one attached hydrogen (secondary N) is 1. The fourth-order valence-electron chi connectivity index (χ4n) is 3.12. The molecule has 1 aliphatic heterocycles. The maximum absolute atomic E-state index is 13.8. The van der Waals surface area contributed by atoms with Gasteiger partial charge in [0.2, 0.25) is 0 Å². The van der Waals surface area contributed by atoms with Crippen LogP contribution in [0.15, 0.2) is 52.1 Å². The van der Waals surface area contributed by atoms with E-state index in [-0.39, 0.29) is 42.0 Å². The number of amides is 1. The first kappa shape index (κ1) is 23.1. The van der Waals surface area contributed by atoms with Crippen LogP contribution in [0.4, 0.5) is 4.39 Å². The van der Waals surface area contributed by atoms with Crippen LogP contribution in [-0.4, -0.2) is 66.0 Å². The Morgan fingerprint density at radius 1 is 1.21 bits per heavy atom. The van der Waals surface area contributed by atoms with Gasteiger partial charge >= 0.3 is 0 Å². The van der Waals surface area contributed by atoms with Crippen molar-refractivity contribution < 1.29 is 18.7 Å². The summed E-state index contributed by atoms with van der Waals surface area (Å²) in [4.78, 5) is 20.6. The van der Waals surface area contributed by atoms with Gasteiger partial charge in [-0.15, -0.1) is 24.0 Å². The zero-order chi connectivity index (χ0) is 19.9. The third-order valence-corrected chi connectivity index (χ3v) is 4.61. The van der Waals surface area contributed by atoms with Gasteiger partial charge < -0.3 is 24.6 Å². The van der Waals surface area contributed by atoms with Crippen molar-refractivity contribution in [3.8, 4) is 0 Å².